The molecule has 0 aliphatic carbocycles. The maximum Gasteiger partial charge on any atom is 0.261 e. The van der Waals surface area contributed by atoms with Crippen LogP contribution in [0.3, 0.4) is 0 Å². The number of hydrogen-bond donors (Lipinski definition) is 0. The first-order valence-corrected chi connectivity index (χ1v) is 9.61. The molecule has 0 saturated carbocycles. The highest BCUT2D eigenvalue weighted by Gasteiger charge is 2.35. The Bertz CT molecular complexity index is 732. The van der Waals surface area contributed by atoms with Gasteiger partial charge in [-0.25, -0.2) is 13.4 Å². The second kappa shape index (κ2) is 7.21. The summed E-state index contributed by atoms with van der Waals surface area (Å²) in [5.74, 6) is -0.183. The summed E-state index contributed by atoms with van der Waals surface area (Å²) in [5.41, 5.74) is 0.669. The van der Waals surface area contributed by atoms with Crippen LogP contribution in [0.5, 0.6) is 0 Å². The molecule has 0 unspecified atom stereocenters. The number of hydrazine groups is 1. The molecule has 0 aromatic heterocycles. The molecule has 1 fully saturated rings. The number of carbonyl (C=O) groups excluding carboxylic acids is 1. The van der Waals surface area contributed by atoms with Gasteiger partial charge in [0.15, 0.2) is 9.84 Å². The highest BCUT2D eigenvalue weighted by atomic mass is 35.5. The number of halogens is 2. The Morgan fingerprint density at radius 2 is 2.00 bits per heavy atom. The molecule has 0 spiro atoms. The Balaban J connectivity index is 2.17. The highest BCUT2D eigenvalue weighted by molar-refractivity contribution is 7.91. The summed E-state index contributed by atoms with van der Waals surface area (Å²) < 4.78 is 23.3. The minimum Gasteiger partial charge on any atom is -0.268 e. The van der Waals surface area contributed by atoms with E-state index >= 15 is 0 Å². The first kappa shape index (κ1) is 18.3. The van der Waals surface area contributed by atoms with E-state index in [0.717, 1.165) is 0 Å². The zero-order valence-corrected chi connectivity index (χ0v) is 15.2. The van der Waals surface area contributed by atoms with Crippen molar-refractivity contribution in [1.29, 1.82) is 0 Å². The second-order valence-electron chi connectivity index (χ2n) is 5.59. The van der Waals surface area contributed by atoms with Crippen LogP contribution in [0.4, 0.5) is 0 Å². The van der Waals surface area contributed by atoms with Crippen LogP contribution in [-0.4, -0.2) is 56.0 Å². The maximum atomic E-state index is 12.5. The lowest BCUT2D eigenvalue weighted by Crippen LogP contribution is -2.48. The summed E-state index contributed by atoms with van der Waals surface area (Å²) in [6, 6.07) is 4.66. The van der Waals surface area contributed by atoms with Crippen LogP contribution in [0.1, 0.15) is 12.0 Å². The number of benzene rings is 1. The van der Waals surface area contributed by atoms with Crippen molar-refractivity contribution in [2.75, 3.05) is 25.6 Å². The lowest BCUT2D eigenvalue weighted by molar-refractivity contribution is -0.143. The van der Waals surface area contributed by atoms with E-state index in [1.165, 1.54) is 11.1 Å². The summed E-state index contributed by atoms with van der Waals surface area (Å²) in [7, 11) is 0.362. The molecule has 0 bridgehead atoms. The van der Waals surface area contributed by atoms with Gasteiger partial charge in [0.25, 0.3) is 5.91 Å². The first-order chi connectivity index (χ1) is 10.7. The van der Waals surface area contributed by atoms with Crippen LogP contribution in [0, 0.1) is 0 Å². The van der Waals surface area contributed by atoms with E-state index in [-0.39, 0.29) is 23.5 Å². The molecule has 1 atom stereocenters. The van der Waals surface area contributed by atoms with Crippen molar-refractivity contribution in [3.63, 3.8) is 0 Å². The Hall–Kier alpha value is -1.08. The summed E-state index contributed by atoms with van der Waals surface area (Å²) in [6.07, 6.45) is 3.43. The normalized spacial score (nSPS) is 20.3. The maximum absolute atomic E-state index is 12.5. The summed E-state index contributed by atoms with van der Waals surface area (Å²) >= 11 is 11.9. The number of amides is 1. The van der Waals surface area contributed by atoms with Crippen LogP contribution in [-0.2, 0) is 14.6 Å². The molecule has 8 heteroatoms. The van der Waals surface area contributed by atoms with Crippen LogP contribution < -0.4 is 0 Å². The molecule has 1 amide bonds. The summed E-state index contributed by atoms with van der Waals surface area (Å²) in [6.45, 7) is 0. The van der Waals surface area contributed by atoms with Crippen molar-refractivity contribution >= 4 is 45.0 Å². The van der Waals surface area contributed by atoms with Gasteiger partial charge < -0.3 is 0 Å². The molecule has 1 heterocycles. The molecule has 1 aliphatic rings. The Labute approximate surface area is 146 Å². The Morgan fingerprint density at radius 3 is 2.52 bits per heavy atom. The third-order valence-electron chi connectivity index (χ3n) is 3.58. The van der Waals surface area contributed by atoms with Gasteiger partial charge in [0.05, 0.1) is 17.5 Å². The zero-order valence-electron chi connectivity index (χ0n) is 12.9. The standard InChI is InChI=1S/C15H18Cl2N2O3S/c1-18(2)19(13-7-8-23(21,22)10-13)15(20)6-4-11-3-5-12(16)9-14(11)17/h3-6,9,13H,7-8,10H2,1-2H3/b6-4+/t13-/m0/s1. The van der Waals surface area contributed by atoms with E-state index in [1.807, 2.05) is 0 Å². The van der Waals surface area contributed by atoms with E-state index in [2.05, 4.69) is 0 Å². The van der Waals surface area contributed by atoms with Gasteiger partial charge >= 0.3 is 0 Å². The molecule has 1 aromatic carbocycles. The van der Waals surface area contributed by atoms with E-state index < -0.39 is 9.84 Å². The molecule has 23 heavy (non-hydrogen) atoms. The number of sulfone groups is 1. The number of hydrogen-bond acceptors (Lipinski definition) is 4. The topological polar surface area (TPSA) is 57.7 Å². The number of carbonyl (C=O) groups is 1. The van der Waals surface area contributed by atoms with Crippen molar-refractivity contribution < 1.29 is 13.2 Å². The largest absolute Gasteiger partial charge is 0.268 e. The fraction of sp³-hybridized carbons (Fsp3) is 0.400. The fourth-order valence-corrected chi connectivity index (χ4v) is 4.71. The quantitative estimate of drug-likeness (QED) is 0.598. The predicted octanol–water partition coefficient (Wildman–Crippen LogP) is 2.50. The van der Waals surface area contributed by atoms with Gasteiger partial charge in [0, 0.05) is 30.2 Å². The number of nitrogens with zero attached hydrogens (tertiary/aromatic N) is 2. The van der Waals surface area contributed by atoms with Crippen molar-refractivity contribution in [3.05, 3.63) is 39.9 Å². The van der Waals surface area contributed by atoms with Crippen LogP contribution in [0.15, 0.2) is 24.3 Å². The van der Waals surface area contributed by atoms with Gasteiger partial charge in [-0.15, -0.1) is 0 Å². The van der Waals surface area contributed by atoms with E-state index in [1.54, 1.807) is 43.4 Å². The molecule has 1 aliphatic heterocycles. The van der Waals surface area contributed by atoms with Gasteiger partial charge in [-0.05, 0) is 30.2 Å². The van der Waals surface area contributed by atoms with Crippen LogP contribution in [0.25, 0.3) is 6.08 Å². The summed E-state index contributed by atoms with van der Waals surface area (Å²) in [4.78, 5) is 12.5. The van der Waals surface area contributed by atoms with Crippen molar-refractivity contribution in [2.24, 2.45) is 0 Å². The van der Waals surface area contributed by atoms with Crippen molar-refractivity contribution in [3.8, 4) is 0 Å². The number of rotatable bonds is 4. The zero-order chi connectivity index (χ0) is 17.2. The minimum atomic E-state index is -3.07. The fourth-order valence-electron chi connectivity index (χ4n) is 2.55. The second-order valence-corrected chi connectivity index (χ2v) is 8.66. The Kier molecular flexibility index (Phi) is 5.73. The monoisotopic (exact) mass is 376 g/mol. The average molecular weight is 377 g/mol. The third kappa shape index (κ3) is 4.70. The molecule has 0 N–H and O–H groups in total. The molecule has 126 valence electrons. The van der Waals surface area contributed by atoms with Gasteiger partial charge in [0.1, 0.15) is 0 Å². The molecule has 1 aromatic rings. The molecule has 2 rings (SSSR count). The lowest BCUT2D eigenvalue weighted by Gasteiger charge is -2.32. The smallest absolute Gasteiger partial charge is 0.261 e. The van der Waals surface area contributed by atoms with E-state index in [4.69, 9.17) is 23.2 Å². The molecule has 1 saturated heterocycles. The van der Waals surface area contributed by atoms with Gasteiger partial charge in [0.2, 0.25) is 0 Å². The lowest BCUT2D eigenvalue weighted by atomic mass is 10.2. The SMILES string of the molecule is CN(C)N(C(=O)/C=C/c1ccc(Cl)cc1Cl)[C@H]1CCS(=O)(=O)C1. The van der Waals surface area contributed by atoms with Crippen LogP contribution >= 0.6 is 23.2 Å². The van der Waals surface area contributed by atoms with E-state index in [9.17, 15) is 13.2 Å². The average Bonchev–Trinajstić information content (AvgIpc) is 2.77. The van der Waals surface area contributed by atoms with Crippen molar-refractivity contribution in [1.82, 2.24) is 10.0 Å². The minimum absolute atomic E-state index is 0.00748. The van der Waals surface area contributed by atoms with Crippen LogP contribution in [0.2, 0.25) is 10.0 Å². The van der Waals surface area contributed by atoms with Gasteiger partial charge in [-0.1, -0.05) is 29.3 Å². The molecular weight excluding hydrogens is 359 g/mol. The first-order valence-electron chi connectivity index (χ1n) is 7.03. The molecular formula is C15H18Cl2N2O3S. The summed E-state index contributed by atoms with van der Waals surface area (Å²) in [5, 5.41) is 4.04. The third-order valence-corrected chi connectivity index (χ3v) is 5.89. The highest BCUT2D eigenvalue weighted by Crippen LogP contribution is 2.23. The van der Waals surface area contributed by atoms with Crippen molar-refractivity contribution in [2.45, 2.75) is 12.5 Å². The van der Waals surface area contributed by atoms with Gasteiger partial charge in [-0.2, -0.15) is 0 Å². The molecule has 5 nitrogen and oxygen atoms in total. The molecule has 0 radical (unpaired) electrons. The Morgan fingerprint density at radius 1 is 1.30 bits per heavy atom. The van der Waals surface area contributed by atoms with Gasteiger partial charge in [-0.3, -0.25) is 9.80 Å². The van der Waals surface area contributed by atoms with E-state index in [0.29, 0.717) is 22.0 Å². The predicted molar refractivity (Wildman–Crippen MR) is 93.1 cm³/mol.